The molecule has 3 nitrogen and oxygen atoms in total. The maximum atomic E-state index is 13.4. The Morgan fingerprint density at radius 3 is 2.68 bits per heavy atom. The van der Waals surface area contributed by atoms with Gasteiger partial charge >= 0.3 is 5.97 Å². The second-order valence-corrected chi connectivity index (χ2v) is 4.52. The first-order valence-electron chi connectivity index (χ1n) is 5.22. The van der Waals surface area contributed by atoms with Crippen molar-refractivity contribution < 1.29 is 13.9 Å². The van der Waals surface area contributed by atoms with E-state index >= 15 is 0 Å². The molecule has 0 amide bonds. The van der Waals surface area contributed by atoms with Crippen LogP contribution in [0.3, 0.4) is 0 Å². The molecule has 0 aliphatic carbocycles. The summed E-state index contributed by atoms with van der Waals surface area (Å²) >= 11 is 11.8. The van der Waals surface area contributed by atoms with Crippen LogP contribution in [-0.2, 0) is 4.74 Å². The number of aromatic nitrogens is 1. The van der Waals surface area contributed by atoms with Crippen molar-refractivity contribution in [3.63, 3.8) is 0 Å². The molecular formula is C13H8Cl2FNO2. The number of rotatable bonds is 2. The molecule has 2 aromatic rings. The van der Waals surface area contributed by atoms with E-state index < -0.39 is 11.9 Å². The van der Waals surface area contributed by atoms with Gasteiger partial charge in [0.25, 0.3) is 0 Å². The number of halogens is 3. The van der Waals surface area contributed by atoms with Gasteiger partial charge in [0.2, 0.25) is 5.95 Å². The Morgan fingerprint density at radius 1 is 1.32 bits per heavy atom. The van der Waals surface area contributed by atoms with Crippen molar-refractivity contribution >= 4 is 29.2 Å². The van der Waals surface area contributed by atoms with E-state index in [4.69, 9.17) is 23.2 Å². The average Bonchev–Trinajstić information content (AvgIpc) is 2.39. The highest BCUT2D eigenvalue weighted by atomic mass is 35.5. The number of pyridine rings is 1. The molecule has 0 spiro atoms. The lowest BCUT2D eigenvalue weighted by atomic mass is 10.1. The summed E-state index contributed by atoms with van der Waals surface area (Å²) in [7, 11) is 1.17. The lowest BCUT2D eigenvalue weighted by Crippen LogP contribution is -2.06. The van der Waals surface area contributed by atoms with Crippen molar-refractivity contribution in [2.75, 3.05) is 7.11 Å². The van der Waals surface area contributed by atoms with Gasteiger partial charge in [0.1, 0.15) is 5.56 Å². The number of benzene rings is 1. The molecule has 0 saturated heterocycles. The Bertz CT molecular complexity index is 647. The van der Waals surface area contributed by atoms with E-state index in [1.807, 2.05) is 0 Å². The van der Waals surface area contributed by atoms with E-state index in [-0.39, 0.29) is 5.56 Å². The number of ether oxygens (including phenoxy) is 1. The summed E-state index contributed by atoms with van der Waals surface area (Å²) in [5, 5.41) is 0.869. The Kier molecular flexibility index (Phi) is 4.02. The molecule has 1 aromatic carbocycles. The molecule has 0 unspecified atom stereocenters. The van der Waals surface area contributed by atoms with Crippen molar-refractivity contribution in [2.45, 2.75) is 0 Å². The van der Waals surface area contributed by atoms with Gasteiger partial charge in [-0.1, -0.05) is 29.3 Å². The monoisotopic (exact) mass is 299 g/mol. The van der Waals surface area contributed by atoms with Crippen LogP contribution < -0.4 is 0 Å². The predicted octanol–water partition coefficient (Wildman–Crippen LogP) is 3.98. The van der Waals surface area contributed by atoms with E-state index in [0.29, 0.717) is 21.2 Å². The third-order valence-corrected chi connectivity index (χ3v) is 3.03. The van der Waals surface area contributed by atoms with Gasteiger partial charge in [-0.2, -0.15) is 4.39 Å². The molecule has 0 fully saturated rings. The van der Waals surface area contributed by atoms with Gasteiger partial charge < -0.3 is 4.74 Å². The van der Waals surface area contributed by atoms with E-state index in [2.05, 4.69) is 9.72 Å². The zero-order chi connectivity index (χ0) is 14.0. The number of nitrogens with zero attached hydrogens (tertiary/aromatic N) is 1. The van der Waals surface area contributed by atoms with Crippen LogP contribution in [0.15, 0.2) is 30.5 Å². The van der Waals surface area contributed by atoms with Gasteiger partial charge in [-0.3, -0.25) is 0 Å². The zero-order valence-corrected chi connectivity index (χ0v) is 11.3. The van der Waals surface area contributed by atoms with Gasteiger partial charge in [0, 0.05) is 27.4 Å². The molecule has 6 heteroatoms. The Balaban J connectivity index is 2.54. The van der Waals surface area contributed by atoms with Crippen LogP contribution >= 0.6 is 23.2 Å². The molecule has 19 heavy (non-hydrogen) atoms. The summed E-state index contributed by atoms with van der Waals surface area (Å²) in [4.78, 5) is 14.9. The average molecular weight is 300 g/mol. The molecule has 1 aromatic heterocycles. The molecule has 98 valence electrons. The van der Waals surface area contributed by atoms with Gasteiger partial charge in [0.05, 0.1) is 7.11 Å². The molecule has 0 aliphatic heterocycles. The van der Waals surface area contributed by atoms with Gasteiger partial charge in [-0.25, -0.2) is 9.78 Å². The Hall–Kier alpha value is -1.65. The fourth-order valence-electron chi connectivity index (χ4n) is 1.57. The molecule has 0 saturated carbocycles. The molecule has 0 aliphatic rings. The maximum Gasteiger partial charge on any atom is 0.342 e. The SMILES string of the molecule is COC(=O)c1cc(-c2ccc(Cl)cc2Cl)cnc1F. The van der Waals surface area contributed by atoms with Crippen LogP contribution in [0.1, 0.15) is 10.4 Å². The molecule has 0 bridgehead atoms. The van der Waals surface area contributed by atoms with Crippen molar-refractivity contribution in [3.8, 4) is 11.1 Å². The minimum atomic E-state index is -0.888. The standard InChI is InChI=1S/C13H8Cl2FNO2/c1-19-13(18)10-4-7(6-17-12(10)16)9-3-2-8(14)5-11(9)15/h2-6H,1H3. The third kappa shape index (κ3) is 2.85. The zero-order valence-electron chi connectivity index (χ0n) is 9.78. The van der Waals surface area contributed by atoms with Gasteiger partial charge in [-0.05, 0) is 18.2 Å². The highest BCUT2D eigenvalue weighted by Gasteiger charge is 2.15. The molecule has 2 rings (SSSR count). The second kappa shape index (κ2) is 5.55. The summed E-state index contributed by atoms with van der Waals surface area (Å²) in [5.41, 5.74) is 0.859. The summed E-state index contributed by atoms with van der Waals surface area (Å²) in [5.74, 6) is -1.68. The third-order valence-electron chi connectivity index (χ3n) is 2.49. The highest BCUT2D eigenvalue weighted by molar-refractivity contribution is 6.36. The molecule has 1 heterocycles. The largest absolute Gasteiger partial charge is 0.465 e. The van der Waals surface area contributed by atoms with E-state index in [9.17, 15) is 9.18 Å². The Labute approximate surface area is 118 Å². The number of carbonyl (C=O) groups is 1. The van der Waals surface area contributed by atoms with Crippen LogP contribution in [0.2, 0.25) is 10.0 Å². The summed E-state index contributed by atoms with van der Waals surface area (Å²) < 4.78 is 17.9. The lowest BCUT2D eigenvalue weighted by molar-refractivity contribution is 0.0594. The summed E-state index contributed by atoms with van der Waals surface area (Å²) in [6.07, 6.45) is 1.29. The van der Waals surface area contributed by atoms with E-state index in [1.54, 1.807) is 18.2 Å². The number of esters is 1. The number of carbonyl (C=O) groups excluding carboxylic acids is 1. The first-order valence-corrected chi connectivity index (χ1v) is 5.98. The number of hydrogen-bond acceptors (Lipinski definition) is 3. The fourth-order valence-corrected chi connectivity index (χ4v) is 2.09. The smallest absolute Gasteiger partial charge is 0.342 e. The first-order chi connectivity index (χ1) is 9.02. The van der Waals surface area contributed by atoms with Crippen molar-refractivity contribution in [2.24, 2.45) is 0 Å². The highest BCUT2D eigenvalue weighted by Crippen LogP contribution is 2.30. The summed E-state index contributed by atoms with van der Waals surface area (Å²) in [6.45, 7) is 0. The molecular weight excluding hydrogens is 292 g/mol. The van der Waals surface area contributed by atoms with E-state index in [1.165, 1.54) is 19.4 Å². The normalized spacial score (nSPS) is 10.3. The second-order valence-electron chi connectivity index (χ2n) is 3.68. The van der Waals surface area contributed by atoms with Crippen molar-refractivity contribution in [1.82, 2.24) is 4.98 Å². The van der Waals surface area contributed by atoms with E-state index in [0.717, 1.165) is 0 Å². The van der Waals surface area contributed by atoms with Gasteiger partial charge in [-0.15, -0.1) is 0 Å². The fraction of sp³-hybridized carbons (Fsp3) is 0.0769. The molecule has 0 N–H and O–H groups in total. The minimum Gasteiger partial charge on any atom is -0.465 e. The van der Waals surface area contributed by atoms with Crippen LogP contribution in [0.5, 0.6) is 0 Å². The summed E-state index contributed by atoms with van der Waals surface area (Å²) in [6, 6.07) is 6.20. The molecule has 0 atom stereocenters. The number of methoxy groups -OCH3 is 1. The minimum absolute atomic E-state index is 0.244. The van der Waals surface area contributed by atoms with Crippen LogP contribution in [-0.4, -0.2) is 18.1 Å². The maximum absolute atomic E-state index is 13.4. The van der Waals surface area contributed by atoms with Crippen molar-refractivity contribution in [1.29, 1.82) is 0 Å². The Morgan fingerprint density at radius 2 is 2.05 bits per heavy atom. The quantitative estimate of drug-likeness (QED) is 0.622. The van der Waals surface area contributed by atoms with Crippen LogP contribution in [0.25, 0.3) is 11.1 Å². The van der Waals surface area contributed by atoms with Gasteiger partial charge in [0.15, 0.2) is 0 Å². The van der Waals surface area contributed by atoms with Crippen molar-refractivity contribution in [3.05, 3.63) is 52.0 Å². The number of hydrogen-bond donors (Lipinski definition) is 0. The topological polar surface area (TPSA) is 39.2 Å². The lowest BCUT2D eigenvalue weighted by Gasteiger charge is -2.07. The first kappa shape index (κ1) is 13.8. The van der Waals surface area contributed by atoms with Crippen LogP contribution in [0, 0.1) is 5.95 Å². The van der Waals surface area contributed by atoms with Crippen LogP contribution in [0.4, 0.5) is 4.39 Å². The predicted molar refractivity (Wildman–Crippen MR) is 71.0 cm³/mol. The molecule has 0 radical (unpaired) electrons.